The lowest BCUT2D eigenvalue weighted by Gasteiger charge is -2.07. The summed E-state index contributed by atoms with van der Waals surface area (Å²) in [6.45, 7) is 2.09. The highest BCUT2D eigenvalue weighted by molar-refractivity contribution is 9.10. The van der Waals surface area contributed by atoms with Gasteiger partial charge in [-0.3, -0.25) is 4.79 Å². The molecule has 1 aliphatic rings. The molecule has 0 spiro atoms. The minimum absolute atomic E-state index is 0.181. The van der Waals surface area contributed by atoms with Crippen LogP contribution in [0.1, 0.15) is 11.1 Å². The zero-order chi connectivity index (χ0) is 16.4. The summed E-state index contributed by atoms with van der Waals surface area (Å²) in [7, 11) is 0. The fraction of sp³-hybridized carbons (Fsp3) is 0.118. The summed E-state index contributed by atoms with van der Waals surface area (Å²) in [5.74, 6) is 1.04. The van der Waals surface area contributed by atoms with Crippen LogP contribution >= 0.6 is 27.5 Å². The highest BCUT2D eigenvalue weighted by Gasteiger charge is 2.18. The van der Waals surface area contributed by atoms with E-state index in [4.69, 9.17) is 21.1 Å². The van der Waals surface area contributed by atoms with Gasteiger partial charge >= 0.3 is 0 Å². The smallest absolute Gasteiger partial charge is 0.248 e. The maximum absolute atomic E-state index is 12.1. The topological polar surface area (TPSA) is 47.6 Å². The molecular weight excluding hydrogens is 382 g/mol. The first-order valence-corrected chi connectivity index (χ1v) is 8.05. The monoisotopic (exact) mass is 393 g/mol. The van der Waals surface area contributed by atoms with E-state index >= 15 is 0 Å². The molecule has 0 fully saturated rings. The molecule has 0 bridgehead atoms. The van der Waals surface area contributed by atoms with Gasteiger partial charge in [0.2, 0.25) is 12.7 Å². The second-order valence-corrected chi connectivity index (χ2v) is 6.27. The van der Waals surface area contributed by atoms with Crippen LogP contribution in [0.25, 0.3) is 6.08 Å². The van der Waals surface area contributed by atoms with Gasteiger partial charge in [-0.25, -0.2) is 0 Å². The Labute approximate surface area is 147 Å². The first kappa shape index (κ1) is 15.9. The third kappa shape index (κ3) is 3.51. The number of nitrogens with one attached hydrogen (secondary N) is 1. The summed E-state index contributed by atoms with van der Waals surface area (Å²) in [6.07, 6.45) is 3.13. The Morgan fingerprint density at radius 1 is 1.30 bits per heavy atom. The summed E-state index contributed by atoms with van der Waals surface area (Å²) >= 11 is 9.40. The zero-order valence-electron chi connectivity index (χ0n) is 12.2. The molecule has 3 rings (SSSR count). The molecule has 0 saturated heterocycles. The number of rotatable bonds is 3. The number of hydrogen-bond donors (Lipinski definition) is 1. The van der Waals surface area contributed by atoms with Gasteiger partial charge in [-0.05, 0) is 42.8 Å². The van der Waals surface area contributed by atoms with Crippen LogP contribution in [0.15, 0.2) is 40.9 Å². The number of benzene rings is 2. The van der Waals surface area contributed by atoms with Gasteiger partial charge in [0.15, 0.2) is 11.5 Å². The van der Waals surface area contributed by atoms with Gasteiger partial charge in [0.1, 0.15) is 0 Å². The average Bonchev–Trinajstić information content (AvgIpc) is 2.98. The van der Waals surface area contributed by atoms with Gasteiger partial charge in [-0.15, -0.1) is 0 Å². The SMILES string of the molecule is Cc1ccc(Cl)cc1NC(=O)/C=C/c1c(Br)ccc2c1OCO2. The normalized spacial score (nSPS) is 12.7. The van der Waals surface area contributed by atoms with E-state index in [2.05, 4.69) is 21.2 Å². The number of carbonyl (C=O) groups is 1. The standard InChI is InChI=1S/C17H13BrClNO3/c1-10-2-3-11(19)8-14(10)20-16(21)7-4-12-13(18)5-6-15-17(12)23-9-22-15/h2-8H,9H2,1H3,(H,20,21)/b7-4+. The maximum Gasteiger partial charge on any atom is 0.248 e. The first-order chi connectivity index (χ1) is 11.0. The molecule has 1 amide bonds. The molecule has 0 radical (unpaired) electrons. The molecule has 0 atom stereocenters. The van der Waals surface area contributed by atoms with Crippen molar-refractivity contribution >= 4 is 45.2 Å². The van der Waals surface area contributed by atoms with Gasteiger partial charge in [0, 0.05) is 26.8 Å². The van der Waals surface area contributed by atoms with Crippen molar-refractivity contribution in [2.45, 2.75) is 6.92 Å². The van der Waals surface area contributed by atoms with E-state index in [1.807, 2.05) is 25.1 Å². The number of fused-ring (bicyclic) bond motifs is 1. The molecule has 0 aromatic heterocycles. The van der Waals surface area contributed by atoms with Crippen LogP contribution in [0.3, 0.4) is 0 Å². The Kier molecular flexibility index (Phi) is 4.59. The highest BCUT2D eigenvalue weighted by atomic mass is 79.9. The lowest BCUT2D eigenvalue weighted by Crippen LogP contribution is -2.08. The lowest BCUT2D eigenvalue weighted by molar-refractivity contribution is -0.111. The second-order valence-electron chi connectivity index (χ2n) is 4.98. The zero-order valence-corrected chi connectivity index (χ0v) is 14.6. The summed E-state index contributed by atoms with van der Waals surface area (Å²) < 4.78 is 11.6. The minimum atomic E-state index is -0.251. The van der Waals surface area contributed by atoms with E-state index in [0.29, 0.717) is 22.2 Å². The minimum Gasteiger partial charge on any atom is -0.454 e. The highest BCUT2D eigenvalue weighted by Crippen LogP contribution is 2.40. The molecule has 2 aromatic carbocycles. The fourth-order valence-electron chi connectivity index (χ4n) is 2.19. The van der Waals surface area contributed by atoms with E-state index < -0.39 is 0 Å². The Balaban J connectivity index is 1.80. The predicted molar refractivity (Wildman–Crippen MR) is 94.1 cm³/mol. The van der Waals surface area contributed by atoms with Gasteiger partial charge in [-0.2, -0.15) is 0 Å². The van der Waals surface area contributed by atoms with Crippen molar-refractivity contribution in [3.05, 3.63) is 57.0 Å². The molecule has 0 unspecified atom stereocenters. The van der Waals surface area contributed by atoms with Crippen molar-refractivity contribution in [1.29, 1.82) is 0 Å². The van der Waals surface area contributed by atoms with E-state index in [9.17, 15) is 4.79 Å². The van der Waals surface area contributed by atoms with Crippen LogP contribution in [-0.2, 0) is 4.79 Å². The molecule has 0 aliphatic carbocycles. The first-order valence-electron chi connectivity index (χ1n) is 6.88. The third-order valence-corrected chi connectivity index (χ3v) is 4.31. The fourth-order valence-corrected chi connectivity index (χ4v) is 2.80. The van der Waals surface area contributed by atoms with Crippen molar-refractivity contribution in [2.75, 3.05) is 12.1 Å². The Morgan fingerprint density at radius 3 is 2.96 bits per heavy atom. The Morgan fingerprint density at radius 2 is 2.13 bits per heavy atom. The van der Waals surface area contributed by atoms with E-state index in [1.54, 1.807) is 18.2 Å². The lowest BCUT2D eigenvalue weighted by atomic mass is 10.1. The molecule has 0 saturated carbocycles. The molecule has 118 valence electrons. The van der Waals surface area contributed by atoms with Crippen molar-refractivity contribution in [3.63, 3.8) is 0 Å². The van der Waals surface area contributed by atoms with E-state index in [1.165, 1.54) is 6.08 Å². The number of aryl methyl sites for hydroxylation is 1. The van der Waals surface area contributed by atoms with Crippen molar-refractivity contribution in [3.8, 4) is 11.5 Å². The quantitative estimate of drug-likeness (QED) is 0.761. The van der Waals surface area contributed by atoms with Crippen LogP contribution in [0.2, 0.25) is 5.02 Å². The molecule has 1 N–H and O–H groups in total. The third-order valence-electron chi connectivity index (χ3n) is 3.38. The van der Waals surface area contributed by atoms with Crippen LogP contribution in [0.5, 0.6) is 11.5 Å². The van der Waals surface area contributed by atoms with Gasteiger partial charge in [0.25, 0.3) is 0 Å². The number of carbonyl (C=O) groups excluding carboxylic acids is 1. The number of anilines is 1. The van der Waals surface area contributed by atoms with Crippen LogP contribution in [0.4, 0.5) is 5.69 Å². The Bertz CT molecular complexity index is 805. The second kappa shape index (κ2) is 6.64. The predicted octanol–water partition coefficient (Wildman–Crippen LogP) is 4.79. The summed E-state index contributed by atoms with van der Waals surface area (Å²) in [5, 5.41) is 3.38. The molecular formula is C17H13BrClNO3. The van der Waals surface area contributed by atoms with Crippen LogP contribution < -0.4 is 14.8 Å². The molecule has 4 nitrogen and oxygen atoms in total. The van der Waals surface area contributed by atoms with E-state index in [0.717, 1.165) is 15.6 Å². The van der Waals surface area contributed by atoms with Gasteiger partial charge in [-0.1, -0.05) is 33.6 Å². The Hall–Kier alpha value is -1.98. The number of halogens is 2. The number of ether oxygens (including phenoxy) is 2. The van der Waals surface area contributed by atoms with Crippen molar-refractivity contribution < 1.29 is 14.3 Å². The molecule has 23 heavy (non-hydrogen) atoms. The van der Waals surface area contributed by atoms with Crippen LogP contribution in [-0.4, -0.2) is 12.7 Å². The van der Waals surface area contributed by atoms with Crippen molar-refractivity contribution in [1.82, 2.24) is 0 Å². The maximum atomic E-state index is 12.1. The number of amides is 1. The average molecular weight is 395 g/mol. The van der Waals surface area contributed by atoms with E-state index in [-0.39, 0.29) is 12.7 Å². The molecule has 1 heterocycles. The van der Waals surface area contributed by atoms with Crippen LogP contribution in [0, 0.1) is 6.92 Å². The van der Waals surface area contributed by atoms with Gasteiger partial charge < -0.3 is 14.8 Å². The van der Waals surface area contributed by atoms with Crippen molar-refractivity contribution in [2.24, 2.45) is 0 Å². The van der Waals surface area contributed by atoms with Gasteiger partial charge in [0.05, 0.1) is 0 Å². The molecule has 6 heteroatoms. The largest absolute Gasteiger partial charge is 0.454 e. The summed E-state index contributed by atoms with van der Waals surface area (Å²) in [6, 6.07) is 9.03. The number of hydrogen-bond acceptors (Lipinski definition) is 3. The molecule has 1 aliphatic heterocycles. The summed E-state index contributed by atoms with van der Waals surface area (Å²) in [5.41, 5.74) is 2.39. The molecule has 2 aromatic rings. The summed E-state index contributed by atoms with van der Waals surface area (Å²) in [4.78, 5) is 12.1.